The molecule has 0 radical (unpaired) electrons. The largest absolute Gasteiger partial charge is 0.432 e. The van der Waals surface area contributed by atoms with E-state index in [-0.39, 0.29) is 29.1 Å². The van der Waals surface area contributed by atoms with E-state index in [1.807, 2.05) is 6.92 Å². The van der Waals surface area contributed by atoms with E-state index in [0.29, 0.717) is 32.1 Å². The molecule has 7 rings (SSSR count). The van der Waals surface area contributed by atoms with Crippen molar-refractivity contribution < 1.29 is 84.3 Å². The average Bonchev–Trinajstić information content (AvgIpc) is 3.35. The van der Waals surface area contributed by atoms with Gasteiger partial charge < -0.3 is 79.5 Å². The number of carbonyl (C=O) groups is 1. The lowest BCUT2D eigenvalue weighted by atomic mass is 9.41. The molecular formula is C38H60O17. The summed E-state index contributed by atoms with van der Waals surface area (Å²) in [5.41, 5.74) is -1.25. The molecule has 0 aromatic rings. The van der Waals surface area contributed by atoms with Crippen LogP contribution >= 0.6 is 0 Å². The van der Waals surface area contributed by atoms with Gasteiger partial charge in [0.25, 0.3) is 0 Å². The fraction of sp³-hybridized carbons (Fsp3) is 0.921. The normalized spacial score (nSPS) is 54.0. The molecular weight excluding hydrogens is 728 g/mol. The van der Waals surface area contributed by atoms with Gasteiger partial charge in [-0.15, -0.1) is 0 Å². The minimum absolute atomic E-state index is 0.0210. The van der Waals surface area contributed by atoms with Crippen molar-refractivity contribution in [1.29, 1.82) is 0 Å². The summed E-state index contributed by atoms with van der Waals surface area (Å²) in [7, 11) is 0. The second-order valence-electron chi connectivity index (χ2n) is 17.9. The van der Waals surface area contributed by atoms with E-state index in [0.717, 1.165) is 31.3 Å². The van der Waals surface area contributed by atoms with Crippen LogP contribution in [0.4, 0.5) is 0 Å². The molecule has 10 N–H and O–H groups in total. The molecule has 7 aliphatic rings. The van der Waals surface area contributed by atoms with Gasteiger partial charge in [0.05, 0.1) is 36.9 Å². The molecule has 17 nitrogen and oxygen atoms in total. The number of carbonyl (C=O) groups excluding carboxylic acids is 1. The van der Waals surface area contributed by atoms with Crippen LogP contribution in [0, 0.1) is 28.1 Å². The summed E-state index contributed by atoms with van der Waals surface area (Å²) in [5.74, 6) is -0.419. The van der Waals surface area contributed by atoms with Crippen LogP contribution in [-0.2, 0) is 33.2 Å². The number of hydrogen-bond donors (Lipinski definition) is 10. The van der Waals surface area contributed by atoms with E-state index >= 15 is 0 Å². The third kappa shape index (κ3) is 6.82. The number of esters is 1. The lowest BCUT2D eigenvalue weighted by molar-refractivity contribution is -0.346. The van der Waals surface area contributed by atoms with E-state index in [1.54, 1.807) is 0 Å². The lowest BCUT2D eigenvalue weighted by Crippen LogP contribution is -2.62. The van der Waals surface area contributed by atoms with Gasteiger partial charge in [0, 0.05) is 6.42 Å². The fourth-order valence-corrected chi connectivity index (χ4v) is 12.0. The highest BCUT2D eigenvalue weighted by Gasteiger charge is 2.69. The molecule has 2 bridgehead atoms. The van der Waals surface area contributed by atoms with Gasteiger partial charge in [-0.3, -0.25) is 4.79 Å². The Morgan fingerprint density at radius 2 is 1.31 bits per heavy atom. The molecule has 55 heavy (non-hydrogen) atoms. The zero-order valence-electron chi connectivity index (χ0n) is 31.5. The second-order valence-corrected chi connectivity index (χ2v) is 17.9. The SMILES string of the molecule is C=C1C[C@@]23CC[C@H]4[C@@](C)(CCC[C@@]4(C)C(=O)O[C@@H]4O[C@H](CO)[C@@H](O)[C@H](O)[C@H]4O)[C@@H]2CC[C@]1(O[C@H]1C[C@@H](O[C@@H]2O[C@H](CO)[C@@H](O)[C@H](O)[C@H]2O)[C@H](O)[C@@H](CO)O1)C3. The summed E-state index contributed by atoms with van der Waals surface area (Å²) in [5, 5.41) is 103. The number of aliphatic hydroxyl groups is 10. The third-order valence-corrected chi connectivity index (χ3v) is 14.9. The van der Waals surface area contributed by atoms with Crippen molar-refractivity contribution in [2.45, 2.75) is 170 Å². The van der Waals surface area contributed by atoms with Crippen molar-refractivity contribution in [3.05, 3.63) is 12.2 Å². The smallest absolute Gasteiger partial charge is 0.314 e. The Bertz CT molecular complexity index is 1410. The summed E-state index contributed by atoms with van der Waals surface area (Å²) < 4.78 is 35.6. The third-order valence-electron chi connectivity index (χ3n) is 14.9. The van der Waals surface area contributed by atoms with E-state index < -0.39 is 123 Å². The van der Waals surface area contributed by atoms with Crippen LogP contribution in [0.15, 0.2) is 12.2 Å². The van der Waals surface area contributed by atoms with Crippen LogP contribution in [0.3, 0.4) is 0 Å². The number of aliphatic hydroxyl groups excluding tert-OH is 10. The quantitative estimate of drug-likeness (QED) is 0.0694. The van der Waals surface area contributed by atoms with Crippen molar-refractivity contribution >= 4 is 5.97 Å². The Balaban J connectivity index is 1.05. The first kappa shape index (κ1) is 41.8. The Hall–Kier alpha value is -1.39. The lowest BCUT2D eigenvalue weighted by Gasteiger charge is -2.64. The maximum absolute atomic E-state index is 14.1. The molecule has 0 aromatic carbocycles. The Morgan fingerprint density at radius 3 is 1.95 bits per heavy atom. The standard InChI is InChI=1S/C38H60O17/c1-17-12-37-9-5-22-35(2,7-4-8-36(22,3)34(49)54-33-31(48)29(46)27(44)21(15-41)53-33)23(37)6-10-38(17,16-37)55-24-11-18(25(42)19(13-39)50-24)51-32-30(47)28(45)26(43)20(14-40)52-32/h18-33,39-48H,1,4-16H2,2-3H3/t18-,19-,20-,21-,22+,23+,24+,25+,26-,27-,28+,29+,30-,31-,32-,33+,35-,36-,37-,38+/m1/s1. The van der Waals surface area contributed by atoms with Crippen LogP contribution in [-0.4, -0.2) is 168 Å². The van der Waals surface area contributed by atoms with Gasteiger partial charge in [-0.05, 0) is 86.5 Å². The number of ether oxygens (including phenoxy) is 6. The summed E-state index contributed by atoms with van der Waals surface area (Å²) in [6.45, 7) is 6.82. The van der Waals surface area contributed by atoms with Crippen molar-refractivity contribution in [2.75, 3.05) is 19.8 Å². The highest BCUT2D eigenvalue weighted by Crippen LogP contribution is 2.73. The van der Waals surface area contributed by atoms with Crippen LogP contribution in [0.2, 0.25) is 0 Å². The molecule has 7 fully saturated rings. The highest BCUT2D eigenvalue weighted by molar-refractivity contribution is 5.77. The molecule has 0 amide bonds. The monoisotopic (exact) mass is 788 g/mol. The number of rotatable bonds is 9. The Morgan fingerprint density at radius 1 is 0.727 bits per heavy atom. The Labute approximate surface area is 319 Å². The van der Waals surface area contributed by atoms with Gasteiger partial charge in [0.15, 0.2) is 12.6 Å². The van der Waals surface area contributed by atoms with Gasteiger partial charge in [0.2, 0.25) is 6.29 Å². The van der Waals surface area contributed by atoms with Crippen molar-refractivity contribution in [3.63, 3.8) is 0 Å². The molecule has 17 heteroatoms. The van der Waals surface area contributed by atoms with E-state index in [2.05, 4.69) is 13.5 Å². The highest BCUT2D eigenvalue weighted by atomic mass is 16.7. The fourth-order valence-electron chi connectivity index (χ4n) is 12.0. The predicted octanol–water partition coefficient (Wildman–Crippen LogP) is -1.91. The zero-order valence-corrected chi connectivity index (χ0v) is 31.5. The number of hydrogen-bond acceptors (Lipinski definition) is 17. The van der Waals surface area contributed by atoms with Gasteiger partial charge in [-0.2, -0.15) is 0 Å². The van der Waals surface area contributed by atoms with Crippen LogP contribution in [0.25, 0.3) is 0 Å². The Kier molecular flexibility index (Phi) is 11.6. The first-order chi connectivity index (χ1) is 26.0. The molecule has 0 aromatic heterocycles. The molecule has 3 saturated heterocycles. The first-order valence-electron chi connectivity index (χ1n) is 19.8. The maximum Gasteiger partial charge on any atom is 0.314 e. The maximum atomic E-state index is 14.1. The minimum Gasteiger partial charge on any atom is -0.432 e. The van der Waals surface area contributed by atoms with Crippen molar-refractivity contribution in [1.82, 2.24) is 0 Å². The molecule has 0 unspecified atom stereocenters. The molecule has 314 valence electrons. The topological polar surface area (TPSA) is 275 Å². The predicted molar refractivity (Wildman–Crippen MR) is 185 cm³/mol. The van der Waals surface area contributed by atoms with Gasteiger partial charge in [-0.25, -0.2) is 0 Å². The summed E-state index contributed by atoms with van der Waals surface area (Å²) in [4.78, 5) is 14.1. The summed E-state index contributed by atoms with van der Waals surface area (Å²) in [6.07, 6.45) is -13.4. The number of fused-ring (bicyclic) bond motifs is 3. The zero-order chi connectivity index (χ0) is 39.8. The molecule has 3 aliphatic heterocycles. The molecule has 1 spiro atoms. The summed E-state index contributed by atoms with van der Waals surface area (Å²) >= 11 is 0. The minimum atomic E-state index is -1.69. The first-order valence-corrected chi connectivity index (χ1v) is 19.8. The molecule has 4 saturated carbocycles. The molecule has 3 heterocycles. The van der Waals surface area contributed by atoms with Crippen LogP contribution in [0.1, 0.15) is 78.1 Å². The van der Waals surface area contributed by atoms with Crippen LogP contribution in [0.5, 0.6) is 0 Å². The van der Waals surface area contributed by atoms with Crippen molar-refractivity contribution in [2.24, 2.45) is 28.1 Å². The van der Waals surface area contributed by atoms with Crippen molar-refractivity contribution in [3.8, 4) is 0 Å². The van der Waals surface area contributed by atoms with Gasteiger partial charge >= 0.3 is 5.97 Å². The van der Waals surface area contributed by atoms with E-state index in [4.69, 9.17) is 28.4 Å². The average molecular weight is 789 g/mol. The summed E-state index contributed by atoms with van der Waals surface area (Å²) in [6, 6.07) is 0. The van der Waals surface area contributed by atoms with E-state index in [9.17, 15) is 55.9 Å². The molecule has 4 aliphatic carbocycles. The van der Waals surface area contributed by atoms with Gasteiger partial charge in [0.1, 0.15) is 61.0 Å². The van der Waals surface area contributed by atoms with Gasteiger partial charge in [-0.1, -0.05) is 19.9 Å². The second kappa shape index (κ2) is 15.3. The van der Waals surface area contributed by atoms with Crippen LogP contribution < -0.4 is 0 Å². The molecule has 20 atom stereocenters. The van der Waals surface area contributed by atoms with E-state index in [1.165, 1.54) is 0 Å².